The van der Waals surface area contributed by atoms with Crippen LogP contribution in [-0.4, -0.2) is 43.5 Å². The second kappa shape index (κ2) is 9.29. The van der Waals surface area contributed by atoms with Gasteiger partial charge < -0.3 is 10.6 Å². The largest absolute Gasteiger partial charge is 0.338 e. The summed E-state index contributed by atoms with van der Waals surface area (Å²) in [6, 6.07) is 13.2. The Bertz CT molecular complexity index is 1490. The number of pyridine rings is 2. The molecule has 0 amide bonds. The first kappa shape index (κ1) is 22.1. The summed E-state index contributed by atoms with van der Waals surface area (Å²) in [5.41, 5.74) is 2.82. The molecule has 11 heteroatoms. The highest BCUT2D eigenvalue weighted by molar-refractivity contribution is 7.64. The molecule has 0 aliphatic heterocycles. The van der Waals surface area contributed by atoms with Crippen LogP contribution in [0.1, 0.15) is 0 Å². The molecule has 34 heavy (non-hydrogen) atoms. The molecule has 0 fully saturated rings. The molecular formula is C23H19ClFN8P. The van der Waals surface area contributed by atoms with Crippen LogP contribution in [0, 0.1) is 5.95 Å². The minimum absolute atomic E-state index is 0.309. The topological polar surface area (TPSA) is 104 Å². The van der Waals surface area contributed by atoms with Gasteiger partial charge in [-0.05, 0) is 42.9 Å². The summed E-state index contributed by atoms with van der Waals surface area (Å²) in [6.45, 7) is 4.38. The molecule has 5 aromatic rings. The molecule has 0 bridgehead atoms. The normalized spacial score (nSPS) is 11.2. The van der Waals surface area contributed by atoms with Crippen molar-refractivity contribution in [2.75, 3.05) is 24.0 Å². The van der Waals surface area contributed by atoms with Gasteiger partial charge >= 0.3 is 0 Å². The van der Waals surface area contributed by atoms with Crippen molar-refractivity contribution in [1.82, 2.24) is 30.1 Å². The number of H-pyrrole nitrogens is 1. The third kappa shape index (κ3) is 4.40. The maximum atomic E-state index is 14.2. The van der Waals surface area contributed by atoms with Gasteiger partial charge in [0.25, 0.3) is 0 Å². The number of benzene rings is 1. The molecule has 4 aromatic heterocycles. The minimum atomic E-state index is -0.591. The van der Waals surface area contributed by atoms with Gasteiger partial charge in [0.2, 0.25) is 11.9 Å². The van der Waals surface area contributed by atoms with E-state index in [0.29, 0.717) is 44.8 Å². The van der Waals surface area contributed by atoms with Crippen LogP contribution < -0.4 is 15.9 Å². The van der Waals surface area contributed by atoms with Crippen molar-refractivity contribution < 1.29 is 4.39 Å². The number of aromatic amines is 1. The van der Waals surface area contributed by atoms with Gasteiger partial charge in [-0.1, -0.05) is 37.7 Å². The number of nitrogens with one attached hydrogen (secondary N) is 3. The van der Waals surface area contributed by atoms with Crippen LogP contribution in [-0.2, 0) is 0 Å². The van der Waals surface area contributed by atoms with Crippen LogP contribution in [0.4, 0.5) is 27.5 Å². The van der Waals surface area contributed by atoms with Crippen molar-refractivity contribution >= 4 is 59.0 Å². The van der Waals surface area contributed by atoms with Crippen molar-refractivity contribution in [2.45, 2.75) is 0 Å². The van der Waals surface area contributed by atoms with E-state index in [4.69, 9.17) is 11.6 Å². The van der Waals surface area contributed by atoms with Crippen LogP contribution >= 0.6 is 19.5 Å². The molecule has 0 saturated heterocycles. The number of nitrogens with zero attached hydrogens (tertiary/aromatic N) is 5. The molecule has 4 heterocycles. The van der Waals surface area contributed by atoms with Gasteiger partial charge in [0.05, 0.1) is 29.3 Å². The van der Waals surface area contributed by atoms with Crippen molar-refractivity contribution in [2.24, 2.45) is 0 Å². The first-order valence-electron chi connectivity index (χ1n) is 10.3. The maximum absolute atomic E-state index is 14.2. The molecule has 0 saturated carbocycles. The number of hydrogen-bond donors (Lipinski definition) is 3. The molecule has 5 rings (SSSR count). The summed E-state index contributed by atoms with van der Waals surface area (Å²) in [5.74, 6) is 0.226. The Morgan fingerprint density at radius 3 is 2.68 bits per heavy atom. The molecule has 0 radical (unpaired) electrons. The van der Waals surface area contributed by atoms with E-state index in [1.807, 2.05) is 18.2 Å². The van der Waals surface area contributed by atoms with Gasteiger partial charge in [0, 0.05) is 17.3 Å². The minimum Gasteiger partial charge on any atom is -0.338 e. The lowest BCUT2D eigenvalue weighted by molar-refractivity contribution is 0.587. The molecule has 170 valence electrons. The van der Waals surface area contributed by atoms with Crippen LogP contribution in [0.3, 0.4) is 0 Å². The Morgan fingerprint density at radius 1 is 1.00 bits per heavy atom. The fourth-order valence-electron chi connectivity index (χ4n) is 3.49. The lowest BCUT2D eigenvalue weighted by Crippen LogP contribution is -2.09. The van der Waals surface area contributed by atoms with E-state index in [9.17, 15) is 4.39 Å². The van der Waals surface area contributed by atoms with Crippen LogP contribution in [0.15, 0.2) is 61.1 Å². The first-order chi connectivity index (χ1) is 16.5. The van der Waals surface area contributed by atoms with Crippen molar-refractivity contribution in [3.8, 4) is 11.3 Å². The molecule has 3 N–H and O–H groups in total. The lowest BCUT2D eigenvalue weighted by atomic mass is 10.1. The van der Waals surface area contributed by atoms with Gasteiger partial charge in [0.15, 0.2) is 11.5 Å². The van der Waals surface area contributed by atoms with Crippen LogP contribution in [0.25, 0.3) is 22.3 Å². The number of para-hydroxylation sites is 1. The Balaban J connectivity index is 1.46. The summed E-state index contributed by atoms with van der Waals surface area (Å²) in [7, 11) is -0.320. The zero-order chi connectivity index (χ0) is 23.7. The van der Waals surface area contributed by atoms with Crippen molar-refractivity contribution in [1.29, 1.82) is 0 Å². The highest BCUT2D eigenvalue weighted by atomic mass is 35.5. The highest BCUT2D eigenvalue weighted by Crippen LogP contribution is 2.32. The van der Waals surface area contributed by atoms with E-state index >= 15 is 0 Å². The second-order valence-electron chi connectivity index (χ2n) is 7.59. The molecule has 0 unspecified atom stereocenters. The van der Waals surface area contributed by atoms with Gasteiger partial charge in [-0.15, -0.1) is 0 Å². The molecule has 0 spiro atoms. The van der Waals surface area contributed by atoms with Gasteiger partial charge in [0.1, 0.15) is 5.02 Å². The average Bonchev–Trinajstić information content (AvgIpc) is 3.25. The molecule has 0 atom stereocenters. The number of fused-ring (bicyclic) bond motifs is 1. The summed E-state index contributed by atoms with van der Waals surface area (Å²) in [6.07, 6.45) is 4.53. The number of anilines is 4. The SMILES string of the molecule is CP(C)c1ccccc1Nc1nc(Nc2cnc3n[nH]c(-c4cccnc4F)c3c2)ncc1Cl. The predicted octanol–water partition coefficient (Wildman–Crippen LogP) is 5.46. The summed E-state index contributed by atoms with van der Waals surface area (Å²) < 4.78 is 14.2. The monoisotopic (exact) mass is 492 g/mol. The fraction of sp³-hybridized carbons (Fsp3) is 0.0870. The van der Waals surface area contributed by atoms with Crippen LogP contribution in [0.5, 0.6) is 0 Å². The summed E-state index contributed by atoms with van der Waals surface area (Å²) >= 11 is 6.37. The van der Waals surface area contributed by atoms with E-state index in [1.54, 1.807) is 24.4 Å². The van der Waals surface area contributed by atoms with E-state index < -0.39 is 5.95 Å². The van der Waals surface area contributed by atoms with Crippen LogP contribution in [0.2, 0.25) is 5.02 Å². The molecule has 8 nitrogen and oxygen atoms in total. The zero-order valence-corrected chi connectivity index (χ0v) is 19.9. The number of hydrogen-bond acceptors (Lipinski definition) is 7. The van der Waals surface area contributed by atoms with E-state index in [-0.39, 0.29) is 7.92 Å². The standard InChI is InChI=1S/C23H19ClFN8P/c1-34(2)18-8-4-3-7-17(18)30-22-16(24)12-28-23(31-22)29-13-10-15-19(32-33-21(15)27-11-13)14-6-5-9-26-20(14)25/h3-12H,1-2H3,(H,27,32,33)(H2,28,29,30,31). The molecule has 0 aliphatic rings. The van der Waals surface area contributed by atoms with Crippen molar-refractivity contribution in [3.63, 3.8) is 0 Å². The van der Waals surface area contributed by atoms with E-state index in [1.165, 1.54) is 17.7 Å². The Labute approximate surface area is 200 Å². The Kier molecular flexibility index (Phi) is 6.04. The number of halogens is 2. The fourth-order valence-corrected chi connectivity index (χ4v) is 4.62. The lowest BCUT2D eigenvalue weighted by Gasteiger charge is -2.15. The molecule has 1 aromatic carbocycles. The van der Waals surface area contributed by atoms with E-state index in [2.05, 4.69) is 60.2 Å². The smallest absolute Gasteiger partial charge is 0.229 e. The third-order valence-corrected chi connectivity index (χ3v) is 6.71. The van der Waals surface area contributed by atoms with Gasteiger partial charge in [-0.2, -0.15) is 14.5 Å². The quantitative estimate of drug-likeness (QED) is 0.214. The zero-order valence-electron chi connectivity index (χ0n) is 18.2. The van der Waals surface area contributed by atoms with E-state index in [0.717, 1.165) is 5.69 Å². The highest BCUT2D eigenvalue weighted by Gasteiger charge is 2.15. The second-order valence-corrected chi connectivity index (χ2v) is 10.3. The molecular weight excluding hydrogens is 474 g/mol. The molecule has 0 aliphatic carbocycles. The Morgan fingerprint density at radius 2 is 1.85 bits per heavy atom. The van der Waals surface area contributed by atoms with Gasteiger partial charge in [-0.3, -0.25) is 5.10 Å². The Hall–Kier alpha value is -3.68. The first-order valence-corrected chi connectivity index (χ1v) is 12.9. The van der Waals surface area contributed by atoms with Gasteiger partial charge in [-0.25, -0.2) is 15.0 Å². The average molecular weight is 493 g/mol. The number of aromatic nitrogens is 6. The maximum Gasteiger partial charge on any atom is 0.229 e. The van der Waals surface area contributed by atoms with Crippen molar-refractivity contribution in [3.05, 3.63) is 72.0 Å². The number of rotatable bonds is 6. The summed E-state index contributed by atoms with van der Waals surface area (Å²) in [4.78, 5) is 16.9. The predicted molar refractivity (Wildman–Crippen MR) is 136 cm³/mol. The summed E-state index contributed by atoms with van der Waals surface area (Å²) in [5, 5.41) is 15.7. The third-order valence-electron chi connectivity index (χ3n) is 5.08.